The van der Waals surface area contributed by atoms with Crippen LogP contribution in [0.25, 0.3) is 0 Å². The Morgan fingerprint density at radius 3 is 3.00 bits per heavy atom. The third kappa shape index (κ3) is 1.99. The van der Waals surface area contributed by atoms with E-state index in [9.17, 15) is 0 Å². The van der Waals surface area contributed by atoms with Gasteiger partial charge < -0.3 is 10.2 Å². The van der Waals surface area contributed by atoms with Gasteiger partial charge in [0.1, 0.15) is 0 Å². The van der Waals surface area contributed by atoms with E-state index < -0.39 is 0 Å². The van der Waals surface area contributed by atoms with Gasteiger partial charge in [0.25, 0.3) is 0 Å². The van der Waals surface area contributed by atoms with E-state index in [4.69, 9.17) is 0 Å². The van der Waals surface area contributed by atoms with Crippen molar-refractivity contribution in [2.45, 2.75) is 38.1 Å². The summed E-state index contributed by atoms with van der Waals surface area (Å²) >= 11 is 0. The third-order valence-electron chi connectivity index (χ3n) is 4.34. The molecule has 2 unspecified atom stereocenters. The zero-order valence-electron chi connectivity index (χ0n) is 10.5. The van der Waals surface area contributed by atoms with Crippen molar-refractivity contribution in [2.75, 3.05) is 23.8 Å². The van der Waals surface area contributed by atoms with Crippen LogP contribution in [0.3, 0.4) is 0 Å². The molecule has 3 heteroatoms. The van der Waals surface area contributed by atoms with E-state index in [0.29, 0.717) is 0 Å². The van der Waals surface area contributed by atoms with Crippen LogP contribution in [-0.4, -0.2) is 24.6 Å². The average molecular weight is 231 g/mol. The molecule has 0 amide bonds. The van der Waals surface area contributed by atoms with Crippen molar-refractivity contribution in [1.29, 1.82) is 0 Å². The van der Waals surface area contributed by atoms with Gasteiger partial charge in [-0.15, -0.1) is 0 Å². The maximum Gasteiger partial charge on any atom is 0.0576 e. The Hall–Kier alpha value is -1.25. The van der Waals surface area contributed by atoms with Gasteiger partial charge in [-0.1, -0.05) is 6.42 Å². The molecule has 0 radical (unpaired) electrons. The normalized spacial score (nSPS) is 27.9. The lowest BCUT2D eigenvalue weighted by Crippen LogP contribution is -2.42. The van der Waals surface area contributed by atoms with Gasteiger partial charge >= 0.3 is 0 Å². The van der Waals surface area contributed by atoms with E-state index in [1.165, 1.54) is 44.3 Å². The Balaban J connectivity index is 1.86. The van der Waals surface area contributed by atoms with Crippen molar-refractivity contribution < 1.29 is 0 Å². The molecule has 1 aromatic rings. The molecular weight excluding hydrogens is 210 g/mol. The molecule has 1 aliphatic heterocycles. The largest absolute Gasteiger partial charge is 0.387 e. The van der Waals surface area contributed by atoms with Gasteiger partial charge in [0.15, 0.2) is 0 Å². The molecule has 17 heavy (non-hydrogen) atoms. The zero-order valence-corrected chi connectivity index (χ0v) is 10.5. The molecule has 92 valence electrons. The van der Waals surface area contributed by atoms with Crippen LogP contribution in [-0.2, 0) is 0 Å². The number of hydrogen-bond acceptors (Lipinski definition) is 3. The molecule has 3 nitrogen and oxygen atoms in total. The molecule has 0 spiro atoms. The summed E-state index contributed by atoms with van der Waals surface area (Å²) in [6.45, 7) is 1.20. The summed E-state index contributed by atoms with van der Waals surface area (Å²) in [5.41, 5.74) is 2.41. The van der Waals surface area contributed by atoms with E-state index >= 15 is 0 Å². The fraction of sp³-hybridized carbons (Fsp3) is 0.643. The molecule has 1 aromatic heterocycles. The minimum Gasteiger partial charge on any atom is -0.387 e. The highest BCUT2D eigenvalue weighted by atomic mass is 15.2. The Kier molecular flexibility index (Phi) is 2.91. The number of rotatable bonds is 2. The number of hydrogen-bond donors (Lipinski definition) is 1. The molecule has 3 rings (SSSR count). The summed E-state index contributed by atoms with van der Waals surface area (Å²) in [4.78, 5) is 6.93. The minimum absolute atomic E-state index is 0.776. The molecule has 0 bridgehead atoms. The van der Waals surface area contributed by atoms with Crippen LogP contribution in [0.2, 0.25) is 0 Å². The van der Waals surface area contributed by atoms with Gasteiger partial charge in [-0.25, -0.2) is 0 Å². The lowest BCUT2D eigenvalue weighted by atomic mass is 9.91. The number of anilines is 2. The van der Waals surface area contributed by atoms with Crippen LogP contribution in [0, 0.1) is 5.92 Å². The first-order valence-corrected chi connectivity index (χ1v) is 6.78. The van der Waals surface area contributed by atoms with E-state index in [0.717, 1.165) is 17.6 Å². The van der Waals surface area contributed by atoms with Crippen molar-refractivity contribution in [2.24, 2.45) is 5.92 Å². The number of fused-ring (bicyclic) bond motifs is 1. The first kappa shape index (κ1) is 10.9. The minimum atomic E-state index is 0.776. The van der Waals surface area contributed by atoms with Crippen molar-refractivity contribution in [3.8, 4) is 0 Å². The summed E-state index contributed by atoms with van der Waals surface area (Å²) in [5.74, 6) is 0.932. The fourth-order valence-electron chi connectivity index (χ4n) is 3.50. The maximum atomic E-state index is 4.34. The number of nitrogens with zero attached hydrogens (tertiary/aromatic N) is 2. The number of piperidine rings is 1. The molecule has 2 aliphatic rings. The lowest BCUT2D eigenvalue weighted by molar-refractivity contribution is 0.362. The van der Waals surface area contributed by atoms with Gasteiger partial charge in [0.05, 0.1) is 23.8 Å². The van der Waals surface area contributed by atoms with Gasteiger partial charge in [-0.05, 0) is 37.7 Å². The van der Waals surface area contributed by atoms with E-state index in [1.807, 2.05) is 19.4 Å². The standard InChI is InChI=1S/C14H21N3/c1-15-12-8-13(10-16-9-12)17-7-3-5-11-4-2-6-14(11)17/h8-11,14-15H,2-7H2,1H3. The van der Waals surface area contributed by atoms with Crippen molar-refractivity contribution in [1.82, 2.24) is 4.98 Å². The van der Waals surface area contributed by atoms with Crippen LogP contribution in [0.1, 0.15) is 32.1 Å². The van der Waals surface area contributed by atoms with E-state index in [-0.39, 0.29) is 0 Å². The Morgan fingerprint density at radius 2 is 2.12 bits per heavy atom. The monoisotopic (exact) mass is 231 g/mol. The molecule has 1 saturated carbocycles. The molecule has 1 N–H and O–H groups in total. The number of aromatic nitrogens is 1. The fourth-order valence-corrected chi connectivity index (χ4v) is 3.50. The van der Waals surface area contributed by atoms with E-state index in [1.54, 1.807) is 0 Å². The maximum absolute atomic E-state index is 4.34. The second-order valence-electron chi connectivity index (χ2n) is 5.28. The van der Waals surface area contributed by atoms with E-state index in [2.05, 4.69) is 21.3 Å². The van der Waals surface area contributed by atoms with Crippen LogP contribution < -0.4 is 10.2 Å². The highest BCUT2D eigenvalue weighted by Gasteiger charge is 2.35. The quantitative estimate of drug-likeness (QED) is 0.848. The van der Waals surface area contributed by atoms with Crippen LogP contribution >= 0.6 is 0 Å². The molecule has 1 aliphatic carbocycles. The first-order chi connectivity index (χ1) is 8.38. The summed E-state index contributed by atoms with van der Waals surface area (Å²) in [6.07, 6.45) is 10.9. The van der Waals surface area contributed by atoms with Crippen molar-refractivity contribution in [3.63, 3.8) is 0 Å². The smallest absolute Gasteiger partial charge is 0.0576 e. The van der Waals surface area contributed by atoms with Gasteiger partial charge in [0.2, 0.25) is 0 Å². The lowest BCUT2D eigenvalue weighted by Gasteiger charge is -2.39. The Labute approximate surface area is 103 Å². The first-order valence-electron chi connectivity index (χ1n) is 6.78. The molecule has 2 heterocycles. The number of nitrogens with one attached hydrogen (secondary N) is 1. The zero-order chi connectivity index (χ0) is 11.7. The van der Waals surface area contributed by atoms with Gasteiger partial charge in [-0.3, -0.25) is 4.98 Å². The predicted octanol–water partition coefficient (Wildman–Crippen LogP) is 2.89. The van der Waals surface area contributed by atoms with Crippen LogP contribution in [0.15, 0.2) is 18.5 Å². The van der Waals surface area contributed by atoms with Crippen LogP contribution in [0.5, 0.6) is 0 Å². The second kappa shape index (κ2) is 4.55. The summed E-state index contributed by atoms with van der Waals surface area (Å²) < 4.78 is 0. The Bertz CT molecular complexity index is 391. The molecule has 2 atom stereocenters. The second-order valence-corrected chi connectivity index (χ2v) is 5.28. The van der Waals surface area contributed by atoms with Gasteiger partial charge in [-0.2, -0.15) is 0 Å². The van der Waals surface area contributed by atoms with Crippen molar-refractivity contribution in [3.05, 3.63) is 18.5 Å². The van der Waals surface area contributed by atoms with Gasteiger partial charge in [0, 0.05) is 19.6 Å². The molecule has 0 aromatic carbocycles. The molecule has 2 fully saturated rings. The predicted molar refractivity (Wildman–Crippen MR) is 71.5 cm³/mol. The average Bonchev–Trinajstić information content (AvgIpc) is 2.87. The molecule has 1 saturated heterocycles. The number of pyridine rings is 1. The highest BCUT2D eigenvalue weighted by molar-refractivity contribution is 5.56. The SMILES string of the molecule is CNc1cncc(N2CCCC3CCCC32)c1. The third-order valence-corrected chi connectivity index (χ3v) is 4.34. The van der Waals surface area contributed by atoms with Crippen molar-refractivity contribution >= 4 is 11.4 Å². The summed E-state index contributed by atoms with van der Waals surface area (Å²) in [7, 11) is 1.95. The van der Waals surface area contributed by atoms with Crippen LogP contribution in [0.4, 0.5) is 11.4 Å². The highest BCUT2D eigenvalue weighted by Crippen LogP contribution is 2.39. The Morgan fingerprint density at radius 1 is 1.24 bits per heavy atom. The topological polar surface area (TPSA) is 28.2 Å². The molecular formula is C14H21N3. The summed E-state index contributed by atoms with van der Waals surface area (Å²) in [5, 5.41) is 3.18. The summed E-state index contributed by atoms with van der Waals surface area (Å²) in [6, 6.07) is 3.01.